The van der Waals surface area contributed by atoms with Crippen LogP contribution in [0.2, 0.25) is 0 Å². The van der Waals surface area contributed by atoms with Crippen molar-refractivity contribution in [3.63, 3.8) is 0 Å². The highest BCUT2D eigenvalue weighted by Crippen LogP contribution is 2.19. The first-order valence-electron chi connectivity index (χ1n) is 17.9. The Kier molecular flexibility index (Phi) is 35.2. The number of unbranched alkanes of at least 4 members (excludes halogenated alkanes) is 24. The molecule has 0 radical (unpaired) electrons. The maximum absolute atomic E-state index is 8.77. The second-order valence-corrected chi connectivity index (χ2v) is 12.3. The lowest BCUT2D eigenvalue weighted by Crippen LogP contribution is -1.95. The summed E-state index contributed by atoms with van der Waals surface area (Å²) in [5.74, 6) is 14.4. The molecular weight excluding hydrogens is 488 g/mol. The van der Waals surface area contributed by atoms with E-state index in [1.165, 1.54) is 154 Å². The van der Waals surface area contributed by atoms with E-state index >= 15 is 0 Å². The van der Waals surface area contributed by atoms with Gasteiger partial charge in [-0.25, -0.2) is 0 Å². The highest BCUT2D eigenvalue weighted by molar-refractivity contribution is 4.99. The first-order chi connectivity index (χ1) is 19.8. The molecule has 0 aromatic carbocycles. The van der Waals surface area contributed by atoms with Crippen LogP contribution in [-0.4, -0.2) is 23.4 Å². The summed E-state index contributed by atoms with van der Waals surface area (Å²) in [5, 5.41) is 17.5. The first kappa shape index (κ1) is 39.0. The van der Waals surface area contributed by atoms with Gasteiger partial charge in [0.25, 0.3) is 0 Å². The number of hydrogen-bond donors (Lipinski definition) is 2. The van der Waals surface area contributed by atoms with Crippen molar-refractivity contribution in [3.05, 3.63) is 0 Å². The molecule has 0 aromatic heterocycles. The third-order valence-corrected chi connectivity index (χ3v) is 8.17. The standard InChI is InChI=1S/C38H70O2/c1-38(34-30-26-22-18-14-10-6-2-4-8-12-16-20-24-28-32-36-39)35-31-27-23-19-15-11-7-3-5-9-13-17-21-25-29-33-37-40/h38-40H,6-37H2,1H3. The van der Waals surface area contributed by atoms with E-state index in [0.717, 1.165) is 44.4 Å². The van der Waals surface area contributed by atoms with Crippen molar-refractivity contribution in [1.82, 2.24) is 0 Å². The Morgan fingerprint density at radius 3 is 0.825 bits per heavy atom. The fourth-order valence-electron chi connectivity index (χ4n) is 5.39. The van der Waals surface area contributed by atoms with Crippen LogP contribution in [0.4, 0.5) is 0 Å². The summed E-state index contributed by atoms with van der Waals surface area (Å²) >= 11 is 0. The van der Waals surface area contributed by atoms with Gasteiger partial charge >= 0.3 is 0 Å². The van der Waals surface area contributed by atoms with Gasteiger partial charge < -0.3 is 10.2 Å². The summed E-state index contributed by atoms with van der Waals surface area (Å²) < 4.78 is 0. The molecule has 0 bridgehead atoms. The van der Waals surface area contributed by atoms with Crippen LogP contribution in [0.1, 0.15) is 200 Å². The van der Waals surface area contributed by atoms with Gasteiger partial charge in [0.05, 0.1) is 0 Å². The summed E-state index contributed by atoms with van der Waals surface area (Å²) in [5.41, 5.74) is 0. The van der Waals surface area contributed by atoms with Crippen molar-refractivity contribution >= 4 is 0 Å². The van der Waals surface area contributed by atoms with E-state index in [1.54, 1.807) is 0 Å². The molecule has 0 fully saturated rings. The molecule has 2 nitrogen and oxygen atoms in total. The molecule has 0 aliphatic carbocycles. The molecule has 0 unspecified atom stereocenters. The Balaban J connectivity index is 3.26. The molecule has 2 N–H and O–H groups in total. The van der Waals surface area contributed by atoms with Crippen LogP contribution in [0.5, 0.6) is 0 Å². The summed E-state index contributed by atoms with van der Waals surface area (Å²) in [6, 6.07) is 0. The number of aliphatic hydroxyl groups excluding tert-OH is 2. The smallest absolute Gasteiger partial charge is 0.0431 e. The van der Waals surface area contributed by atoms with Crippen LogP contribution < -0.4 is 0 Å². The lowest BCUT2D eigenvalue weighted by atomic mass is 9.96. The molecule has 234 valence electrons. The zero-order valence-corrected chi connectivity index (χ0v) is 27.1. The van der Waals surface area contributed by atoms with Gasteiger partial charge in [0.1, 0.15) is 0 Å². The number of aliphatic hydroxyl groups is 2. The van der Waals surface area contributed by atoms with Crippen molar-refractivity contribution in [1.29, 1.82) is 0 Å². The largest absolute Gasteiger partial charge is 0.396 e. The first-order valence-corrected chi connectivity index (χ1v) is 17.9. The van der Waals surface area contributed by atoms with Crippen LogP contribution in [-0.2, 0) is 0 Å². The van der Waals surface area contributed by atoms with E-state index in [1.807, 2.05) is 0 Å². The Bertz CT molecular complexity index is 538. The summed E-state index contributed by atoms with van der Waals surface area (Å²) in [6.07, 6.45) is 38.2. The van der Waals surface area contributed by atoms with Gasteiger partial charge in [0, 0.05) is 38.9 Å². The van der Waals surface area contributed by atoms with Gasteiger partial charge in [-0.05, 0) is 44.4 Å². The second kappa shape index (κ2) is 36.1. The molecule has 0 saturated heterocycles. The maximum Gasteiger partial charge on any atom is 0.0431 e. The molecule has 0 atom stereocenters. The highest BCUT2D eigenvalue weighted by Gasteiger charge is 2.02. The lowest BCUT2D eigenvalue weighted by molar-refractivity contribution is 0.282. The predicted octanol–water partition coefficient (Wildman–Crippen LogP) is 11.3. The topological polar surface area (TPSA) is 40.5 Å². The molecule has 0 aromatic rings. The molecule has 2 heteroatoms. The van der Waals surface area contributed by atoms with Gasteiger partial charge in [-0.2, -0.15) is 0 Å². The molecule has 0 rings (SSSR count). The van der Waals surface area contributed by atoms with Crippen molar-refractivity contribution < 1.29 is 10.2 Å². The quantitative estimate of drug-likeness (QED) is 0.0680. The molecule has 0 saturated carbocycles. The van der Waals surface area contributed by atoms with E-state index in [2.05, 4.69) is 30.6 Å². The third kappa shape index (κ3) is 35.1. The van der Waals surface area contributed by atoms with E-state index in [9.17, 15) is 0 Å². The summed E-state index contributed by atoms with van der Waals surface area (Å²) in [4.78, 5) is 0. The van der Waals surface area contributed by atoms with E-state index in [0.29, 0.717) is 13.2 Å². The van der Waals surface area contributed by atoms with Crippen LogP contribution in [0.25, 0.3) is 0 Å². The molecular formula is C38H70O2. The molecule has 0 spiro atoms. The second-order valence-electron chi connectivity index (χ2n) is 12.3. The molecule has 40 heavy (non-hydrogen) atoms. The van der Waals surface area contributed by atoms with Crippen molar-refractivity contribution in [2.24, 2.45) is 5.92 Å². The SMILES string of the molecule is CC(CCCCCCCCC#CCCCCCCCCO)CCCCCCCCC#CCCCCCCCCO. The molecule has 0 aliphatic rings. The van der Waals surface area contributed by atoms with Gasteiger partial charge in [-0.1, -0.05) is 135 Å². The number of hydrogen-bond acceptors (Lipinski definition) is 2. The lowest BCUT2D eigenvalue weighted by Gasteiger charge is -2.11. The fraction of sp³-hybridized carbons (Fsp3) is 0.895. The van der Waals surface area contributed by atoms with Gasteiger partial charge in [-0.15, -0.1) is 23.7 Å². The zero-order chi connectivity index (χ0) is 29.0. The van der Waals surface area contributed by atoms with Gasteiger partial charge in [0.15, 0.2) is 0 Å². The average Bonchev–Trinajstić information content (AvgIpc) is 2.96. The Labute approximate surface area is 252 Å². The van der Waals surface area contributed by atoms with Crippen molar-refractivity contribution in [2.45, 2.75) is 200 Å². The monoisotopic (exact) mass is 559 g/mol. The number of rotatable bonds is 30. The molecule has 0 heterocycles. The minimum Gasteiger partial charge on any atom is -0.396 e. The normalized spacial score (nSPS) is 10.9. The minimum atomic E-state index is 0.346. The zero-order valence-electron chi connectivity index (χ0n) is 27.1. The maximum atomic E-state index is 8.77. The van der Waals surface area contributed by atoms with Gasteiger partial charge in [0.2, 0.25) is 0 Å². The average molecular weight is 559 g/mol. The van der Waals surface area contributed by atoms with E-state index < -0.39 is 0 Å². The van der Waals surface area contributed by atoms with Crippen LogP contribution in [0.15, 0.2) is 0 Å². The molecule has 0 amide bonds. The van der Waals surface area contributed by atoms with Crippen molar-refractivity contribution in [3.8, 4) is 23.7 Å². The highest BCUT2D eigenvalue weighted by atomic mass is 16.3. The minimum absolute atomic E-state index is 0.346. The predicted molar refractivity (Wildman–Crippen MR) is 177 cm³/mol. The third-order valence-electron chi connectivity index (χ3n) is 8.17. The fourth-order valence-corrected chi connectivity index (χ4v) is 5.39. The Hall–Kier alpha value is -0.960. The van der Waals surface area contributed by atoms with Crippen LogP contribution in [0.3, 0.4) is 0 Å². The Morgan fingerprint density at radius 2 is 0.550 bits per heavy atom. The Morgan fingerprint density at radius 1 is 0.325 bits per heavy atom. The summed E-state index contributed by atoms with van der Waals surface area (Å²) in [7, 11) is 0. The summed E-state index contributed by atoms with van der Waals surface area (Å²) in [6.45, 7) is 3.16. The van der Waals surface area contributed by atoms with Crippen molar-refractivity contribution in [2.75, 3.05) is 13.2 Å². The van der Waals surface area contributed by atoms with Crippen LogP contribution in [0, 0.1) is 29.6 Å². The van der Waals surface area contributed by atoms with E-state index in [4.69, 9.17) is 10.2 Å². The van der Waals surface area contributed by atoms with Gasteiger partial charge in [-0.3, -0.25) is 0 Å². The van der Waals surface area contributed by atoms with E-state index in [-0.39, 0.29) is 0 Å². The van der Waals surface area contributed by atoms with Crippen LogP contribution >= 0.6 is 0 Å². The molecule has 0 aliphatic heterocycles.